The van der Waals surface area contributed by atoms with E-state index in [1.54, 1.807) is 7.11 Å². The van der Waals surface area contributed by atoms with Crippen LogP contribution in [0.2, 0.25) is 0 Å². The summed E-state index contributed by atoms with van der Waals surface area (Å²) >= 11 is 1.42. The first kappa shape index (κ1) is 22.6. The second-order valence-corrected chi connectivity index (χ2v) is 8.38. The fourth-order valence-electron chi connectivity index (χ4n) is 3.42. The minimum Gasteiger partial charge on any atom is -0.476 e. The summed E-state index contributed by atoms with van der Waals surface area (Å²) in [5, 5.41) is 14.0. The number of carbonyl (C=O) groups excluding carboxylic acids is 1. The monoisotopic (exact) mass is 436 g/mol. The van der Waals surface area contributed by atoms with Crippen LogP contribution in [0.25, 0.3) is 11.4 Å². The summed E-state index contributed by atoms with van der Waals surface area (Å²) in [5.74, 6) is 2.43. The SMILES string of the molecule is CCOc1nn(CC)cc1-c1nnc(SCC(=O)N2CCC(C)CC2)n1CCOC. The van der Waals surface area contributed by atoms with Gasteiger partial charge in [-0.05, 0) is 32.6 Å². The molecule has 30 heavy (non-hydrogen) atoms. The lowest BCUT2D eigenvalue weighted by Gasteiger charge is -2.30. The minimum atomic E-state index is 0.156. The molecule has 2 aromatic rings. The second-order valence-electron chi connectivity index (χ2n) is 7.44. The highest BCUT2D eigenvalue weighted by molar-refractivity contribution is 7.99. The zero-order valence-electron chi connectivity index (χ0n) is 18.3. The summed E-state index contributed by atoms with van der Waals surface area (Å²) < 4.78 is 14.8. The quantitative estimate of drug-likeness (QED) is 0.529. The van der Waals surface area contributed by atoms with Crippen molar-refractivity contribution in [3.8, 4) is 17.3 Å². The number of likely N-dealkylation sites (tertiary alicyclic amines) is 1. The molecule has 0 aliphatic carbocycles. The van der Waals surface area contributed by atoms with E-state index in [-0.39, 0.29) is 5.91 Å². The number of hydrogen-bond acceptors (Lipinski definition) is 7. The molecule has 1 fully saturated rings. The maximum atomic E-state index is 12.7. The van der Waals surface area contributed by atoms with Crippen molar-refractivity contribution in [3.63, 3.8) is 0 Å². The fraction of sp³-hybridized carbons (Fsp3) is 0.700. The minimum absolute atomic E-state index is 0.156. The Hall–Kier alpha value is -2.07. The number of methoxy groups -OCH3 is 1. The van der Waals surface area contributed by atoms with E-state index in [2.05, 4.69) is 22.2 Å². The van der Waals surface area contributed by atoms with E-state index < -0.39 is 0 Å². The van der Waals surface area contributed by atoms with Crippen LogP contribution in [0, 0.1) is 5.92 Å². The van der Waals surface area contributed by atoms with Crippen LogP contribution in [0.15, 0.2) is 11.4 Å². The molecular weight excluding hydrogens is 404 g/mol. The summed E-state index contributed by atoms with van der Waals surface area (Å²) in [4.78, 5) is 14.6. The van der Waals surface area contributed by atoms with Crippen LogP contribution in [-0.2, 0) is 22.6 Å². The van der Waals surface area contributed by atoms with Crippen molar-refractivity contribution in [1.82, 2.24) is 29.4 Å². The van der Waals surface area contributed by atoms with E-state index in [9.17, 15) is 4.79 Å². The zero-order valence-corrected chi connectivity index (χ0v) is 19.2. The number of piperidine rings is 1. The van der Waals surface area contributed by atoms with Crippen LogP contribution >= 0.6 is 11.8 Å². The Labute approximate surface area is 182 Å². The van der Waals surface area contributed by atoms with E-state index in [0.29, 0.717) is 48.3 Å². The van der Waals surface area contributed by atoms with E-state index in [0.717, 1.165) is 38.0 Å². The van der Waals surface area contributed by atoms with Gasteiger partial charge in [-0.15, -0.1) is 15.3 Å². The normalized spacial score (nSPS) is 15.0. The van der Waals surface area contributed by atoms with Gasteiger partial charge in [-0.25, -0.2) is 0 Å². The number of ether oxygens (including phenoxy) is 2. The first-order valence-corrected chi connectivity index (χ1v) is 11.6. The fourth-order valence-corrected chi connectivity index (χ4v) is 4.28. The molecule has 0 radical (unpaired) electrons. The molecule has 1 aliphatic rings. The van der Waals surface area contributed by atoms with Crippen molar-refractivity contribution in [1.29, 1.82) is 0 Å². The van der Waals surface area contributed by atoms with E-state index >= 15 is 0 Å². The molecule has 0 saturated carbocycles. The van der Waals surface area contributed by atoms with Gasteiger partial charge < -0.3 is 14.4 Å². The molecule has 0 bridgehead atoms. The molecule has 3 heterocycles. The van der Waals surface area contributed by atoms with Crippen LogP contribution in [-0.4, -0.2) is 74.5 Å². The molecular formula is C20H32N6O3S. The number of carbonyl (C=O) groups is 1. The highest BCUT2D eigenvalue weighted by Crippen LogP contribution is 2.30. The number of thioether (sulfide) groups is 1. The summed E-state index contributed by atoms with van der Waals surface area (Å²) in [6.07, 6.45) is 4.07. The summed E-state index contributed by atoms with van der Waals surface area (Å²) in [6, 6.07) is 0. The molecule has 0 spiro atoms. The maximum Gasteiger partial charge on any atom is 0.243 e. The predicted octanol–water partition coefficient (Wildman–Crippen LogP) is 2.56. The average Bonchev–Trinajstić information content (AvgIpc) is 3.34. The lowest BCUT2D eigenvalue weighted by molar-refractivity contribution is -0.129. The highest BCUT2D eigenvalue weighted by Gasteiger charge is 2.24. The van der Waals surface area contributed by atoms with E-state index in [1.807, 2.05) is 34.2 Å². The number of aryl methyl sites for hydroxylation is 1. The Kier molecular flexibility index (Phi) is 8.15. The predicted molar refractivity (Wildman–Crippen MR) is 116 cm³/mol. The van der Waals surface area contributed by atoms with Crippen LogP contribution in [0.3, 0.4) is 0 Å². The molecule has 0 atom stereocenters. The largest absolute Gasteiger partial charge is 0.476 e. The summed E-state index contributed by atoms with van der Waals surface area (Å²) in [6.45, 7) is 10.2. The first-order valence-electron chi connectivity index (χ1n) is 10.6. The van der Waals surface area contributed by atoms with Crippen molar-refractivity contribution in [2.24, 2.45) is 5.92 Å². The Morgan fingerprint density at radius 1 is 1.27 bits per heavy atom. The number of hydrogen-bond donors (Lipinski definition) is 0. The molecule has 0 aromatic carbocycles. The lowest BCUT2D eigenvalue weighted by Crippen LogP contribution is -2.38. The topological polar surface area (TPSA) is 87.3 Å². The molecule has 9 nitrogen and oxygen atoms in total. The highest BCUT2D eigenvalue weighted by atomic mass is 32.2. The van der Waals surface area contributed by atoms with Gasteiger partial charge in [0.1, 0.15) is 5.56 Å². The van der Waals surface area contributed by atoms with Crippen LogP contribution in [0.5, 0.6) is 5.88 Å². The van der Waals surface area contributed by atoms with Gasteiger partial charge in [0, 0.05) is 32.9 Å². The molecule has 2 aromatic heterocycles. The molecule has 1 amide bonds. The Bertz CT molecular complexity index is 829. The molecule has 166 valence electrons. The zero-order chi connectivity index (χ0) is 21.5. The van der Waals surface area contributed by atoms with Gasteiger partial charge in [-0.1, -0.05) is 18.7 Å². The van der Waals surface area contributed by atoms with Gasteiger partial charge in [0.2, 0.25) is 11.8 Å². The van der Waals surface area contributed by atoms with Crippen molar-refractivity contribution in [3.05, 3.63) is 6.20 Å². The van der Waals surface area contributed by atoms with Gasteiger partial charge in [-0.2, -0.15) is 0 Å². The van der Waals surface area contributed by atoms with Gasteiger partial charge in [0.15, 0.2) is 11.0 Å². The maximum absolute atomic E-state index is 12.7. The third kappa shape index (κ3) is 5.34. The molecule has 10 heteroatoms. The number of aromatic nitrogens is 5. The van der Waals surface area contributed by atoms with E-state index in [1.165, 1.54) is 11.8 Å². The number of nitrogens with zero attached hydrogens (tertiary/aromatic N) is 6. The third-order valence-electron chi connectivity index (χ3n) is 5.27. The van der Waals surface area contributed by atoms with Crippen molar-refractivity contribution >= 4 is 17.7 Å². The van der Waals surface area contributed by atoms with Gasteiger partial charge >= 0.3 is 0 Å². The molecule has 0 unspecified atom stereocenters. The smallest absolute Gasteiger partial charge is 0.243 e. The van der Waals surface area contributed by atoms with Gasteiger partial charge in [0.25, 0.3) is 0 Å². The van der Waals surface area contributed by atoms with Crippen LogP contribution in [0.4, 0.5) is 0 Å². The third-order valence-corrected chi connectivity index (χ3v) is 6.22. The van der Waals surface area contributed by atoms with Crippen molar-refractivity contribution < 1.29 is 14.3 Å². The Morgan fingerprint density at radius 3 is 2.70 bits per heavy atom. The second kappa shape index (κ2) is 10.8. The van der Waals surface area contributed by atoms with Gasteiger partial charge in [0.05, 0.1) is 25.5 Å². The first-order chi connectivity index (χ1) is 14.6. The van der Waals surface area contributed by atoms with Crippen molar-refractivity contribution in [2.75, 3.05) is 39.2 Å². The average molecular weight is 437 g/mol. The van der Waals surface area contributed by atoms with Crippen LogP contribution in [0.1, 0.15) is 33.6 Å². The van der Waals surface area contributed by atoms with Gasteiger partial charge in [-0.3, -0.25) is 14.0 Å². The lowest BCUT2D eigenvalue weighted by atomic mass is 9.99. The summed E-state index contributed by atoms with van der Waals surface area (Å²) in [5.41, 5.74) is 0.797. The summed E-state index contributed by atoms with van der Waals surface area (Å²) in [7, 11) is 1.67. The Balaban J connectivity index is 1.78. The Morgan fingerprint density at radius 2 is 2.03 bits per heavy atom. The van der Waals surface area contributed by atoms with Crippen LogP contribution < -0.4 is 4.74 Å². The molecule has 0 N–H and O–H groups in total. The molecule has 1 saturated heterocycles. The van der Waals surface area contributed by atoms with Crippen molar-refractivity contribution in [2.45, 2.75) is 51.9 Å². The number of rotatable bonds is 10. The van der Waals surface area contributed by atoms with E-state index in [4.69, 9.17) is 9.47 Å². The number of amides is 1. The molecule has 3 rings (SSSR count). The molecule has 1 aliphatic heterocycles. The standard InChI is InChI=1S/C20H32N6O3S/c1-5-25-13-16(19(23-25)29-6-2)18-21-22-20(26(18)11-12-28-4)30-14-17(27)24-9-7-15(3)8-10-24/h13,15H,5-12,14H2,1-4H3.